The van der Waals surface area contributed by atoms with Crippen molar-refractivity contribution in [3.8, 4) is 0 Å². The molecule has 1 heterocycles. The third kappa shape index (κ3) is 3.50. The van der Waals surface area contributed by atoms with E-state index in [1.54, 1.807) is 0 Å². The Morgan fingerprint density at radius 2 is 2.00 bits per heavy atom. The highest BCUT2D eigenvalue weighted by atomic mass is 19.1. The van der Waals surface area contributed by atoms with Crippen LogP contribution < -0.4 is 4.90 Å². The maximum atomic E-state index is 13.0. The Bertz CT molecular complexity index is 310. The summed E-state index contributed by atoms with van der Waals surface area (Å²) in [5.41, 5.74) is 0.909. The Morgan fingerprint density at radius 3 is 2.47 bits per heavy atom. The van der Waals surface area contributed by atoms with Gasteiger partial charge in [-0.3, -0.25) is 0 Å². The van der Waals surface area contributed by atoms with Crippen LogP contribution in [0.5, 0.6) is 0 Å². The molecule has 0 aliphatic heterocycles. The molecule has 3 heteroatoms. The highest BCUT2D eigenvalue weighted by molar-refractivity contribution is 5.45. The van der Waals surface area contributed by atoms with Crippen LogP contribution in [0.2, 0.25) is 0 Å². The first kappa shape index (κ1) is 12.0. The summed E-state index contributed by atoms with van der Waals surface area (Å²) in [5.74, 6) is 0.144. The third-order valence-corrected chi connectivity index (χ3v) is 2.23. The van der Waals surface area contributed by atoms with Crippen LogP contribution in [-0.2, 0) is 0 Å². The van der Waals surface area contributed by atoms with Crippen LogP contribution in [0, 0.1) is 11.9 Å². The molecular formula is C12H19FN2. The van der Waals surface area contributed by atoms with Gasteiger partial charge in [0, 0.05) is 30.5 Å². The van der Waals surface area contributed by atoms with Crippen LogP contribution >= 0.6 is 0 Å². The lowest BCUT2D eigenvalue weighted by molar-refractivity contribution is 0.559. The second-order valence-electron chi connectivity index (χ2n) is 4.48. The zero-order valence-corrected chi connectivity index (χ0v) is 9.87. The van der Waals surface area contributed by atoms with Crippen LogP contribution in [0.15, 0.2) is 18.3 Å². The van der Waals surface area contributed by atoms with E-state index in [-0.39, 0.29) is 0 Å². The Morgan fingerprint density at radius 1 is 1.33 bits per heavy atom. The van der Waals surface area contributed by atoms with E-state index in [0.717, 1.165) is 12.2 Å². The molecule has 0 aliphatic rings. The molecule has 1 aromatic heterocycles. The molecule has 0 saturated heterocycles. The van der Waals surface area contributed by atoms with E-state index in [1.165, 1.54) is 12.3 Å². The lowest BCUT2D eigenvalue weighted by Crippen LogP contribution is -2.34. The van der Waals surface area contributed by atoms with Crippen LogP contribution in [0.3, 0.4) is 0 Å². The van der Waals surface area contributed by atoms with Gasteiger partial charge < -0.3 is 4.90 Å². The van der Waals surface area contributed by atoms with Gasteiger partial charge in [-0.15, -0.1) is 0 Å². The minimum Gasteiger partial charge on any atom is -0.369 e. The molecule has 0 spiro atoms. The molecule has 1 rings (SSSR count). The predicted octanol–water partition coefficient (Wildman–Crippen LogP) is 3.09. The van der Waals surface area contributed by atoms with E-state index in [4.69, 9.17) is 0 Å². The van der Waals surface area contributed by atoms with Gasteiger partial charge in [0.05, 0.1) is 0 Å². The predicted molar refractivity (Wildman–Crippen MR) is 61.5 cm³/mol. The van der Waals surface area contributed by atoms with Gasteiger partial charge in [0.1, 0.15) is 0 Å². The molecule has 0 saturated carbocycles. The molecule has 0 radical (unpaired) electrons. The Hall–Kier alpha value is -1.12. The van der Waals surface area contributed by atoms with Gasteiger partial charge in [0.25, 0.3) is 0 Å². The summed E-state index contributed by atoms with van der Waals surface area (Å²) in [6.07, 6.45) is 1.51. The summed E-state index contributed by atoms with van der Waals surface area (Å²) in [4.78, 5) is 5.76. The SMILES string of the molecule is CC(C)CN(c1ccnc(F)c1)C(C)C. The van der Waals surface area contributed by atoms with Gasteiger partial charge in [-0.05, 0) is 25.8 Å². The fraction of sp³-hybridized carbons (Fsp3) is 0.583. The zero-order chi connectivity index (χ0) is 11.4. The van der Waals surface area contributed by atoms with Crippen molar-refractivity contribution in [3.05, 3.63) is 24.3 Å². The molecule has 15 heavy (non-hydrogen) atoms. The van der Waals surface area contributed by atoms with Crippen molar-refractivity contribution >= 4 is 5.69 Å². The molecule has 0 fully saturated rings. The second kappa shape index (κ2) is 5.10. The lowest BCUT2D eigenvalue weighted by atomic mass is 10.1. The monoisotopic (exact) mass is 210 g/mol. The molecule has 0 atom stereocenters. The summed E-state index contributed by atoms with van der Waals surface area (Å²) in [6.45, 7) is 9.47. The highest BCUT2D eigenvalue weighted by Gasteiger charge is 2.12. The summed E-state index contributed by atoms with van der Waals surface area (Å²) in [6, 6.07) is 3.71. The molecule has 84 valence electrons. The summed E-state index contributed by atoms with van der Waals surface area (Å²) in [5, 5.41) is 0. The van der Waals surface area contributed by atoms with Crippen LogP contribution in [0.4, 0.5) is 10.1 Å². The molecule has 0 amide bonds. The van der Waals surface area contributed by atoms with Gasteiger partial charge in [0.15, 0.2) is 0 Å². The van der Waals surface area contributed by atoms with Crippen molar-refractivity contribution in [1.82, 2.24) is 4.98 Å². The number of hydrogen-bond acceptors (Lipinski definition) is 2. The van der Waals surface area contributed by atoms with Gasteiger partial charge in [-0.25, -0.2) is 4.98 Å². The Kier molecular flexibility index (Phi) is 4.06. The molecule has 0 bridgehead atoms. The third-order valence-electron chi connectivity index (χ3n) is 2.23. The first-order chi connectivity index (χ1) is 7.00. The second-order valence-corrected chi connectivity index (χ2v) is 4.48. The van der Waals surface area contributed by atoms with Crippen molar-refractivity contribution in [2.45, 2.75) is 33.7 Å². The molecule has 0 unspecified atom stereocenters. The highest BCUT2D eigenvalue weighted by Crippen LogP contribution is 2.18. The number of rotatable bonds is 4. The molecule has 0 aliphatic carbocycles. The average molecular weight is 210 g/mol. The molecule has 1 aromatic rings. The number of halogens is 1. The van der Waals surface area contributed by atoms with E-state index in [0.29, 0.717) is 12.0 Å². The quantitative estimate of drug-likeness (QED) is 0.710. The fourth-order valence-electron chi connectivity index (χ4n) is 1.58. The van der Waals surface area contributed by atoms with Crippen LogP contribution in [0.1, 0.15) is 27.7 Å². The van der Waals surface area contributed by atoms with Crippen molar-refractivity contribution in [3.63, 3.8) is 0 Å². The standard InChI is InChI=1S/C12H19FN2/c1-9(2)8-15(10(3)4)11-5-6-14-12(13)7-11/h5-7,9-10H,8H2,1-4H3. The van der Waals surface area contributed by atoms with Crippen molar-refractivity contribution in [2.75, 3.05) is 11.4 Å². The first-order valence-electron chi connectivity index (χ1n) is 5.39. The van der Waals surface area contributed by atoms with Gasteiger partial charge in [0.2, 0.25) is 5.95 Å². The van der Waals surface area contributed by atoms with E-state index >= 15 is 0 Å². The van der Waals surface area contributed by atoms with Crippen LogP contribution in [0.25, 0.3) is 0 Å². The van der Waals surface area contributed by atoms with Gasteiger partial charge in [-0.1, -0.05) is 13.8 Å². The summed E-state index contributed by atoms with van der Waals surface area (Å²) < 4.78 is 13.0. The Labute approximate surface area is 91.1 Å². The number of aromatic nitrogens is 1. The normalized spacial score (nSPS) is 11.1. The van der Waals surface area contributed by atoms with E-state index in [9.17, 15) is 4.39 Å². The minimum atomic E-state index is -0.415. The number of pyridine rings is 1. The van der Waals surface area contributed by atoms with Crippen LogP contribution in [-0.4, -0.2) is 17.6 Å². The largest absolute Gasteiger partial charge is 0.369 e. The number of nitrogens with zero attached hydrogens (tertiary/aromatic N) is 2. The van der Waals surface area contributed by atoms with Crippen molar-refractivity contribution in [2.24, 2.45) is 5.92 Å². The van der Waals surface area contributed by atoms with E-state index in [1.807, 2.05) is 6.07 Å². The first-order valence-corrected chi connectivity index (χ1v) is 5.39. The molecular weight excluding hydrogens is 191 g/mol. The minimum absolute atomic E-state index is 0.370. The zero-order valence-electron chi connectivity index (χ0n) is 9.87. The maximum absolute atomic E-state index is 13.0. The Balaban J connectivity index is 2.88. The molecule has 2 nitrogen and oxygen atoms in total. The smallest absolute Gasteiger partial charge is 0.214 e. The maximum Gasteiger partial charge on any atom is 0.214 e. The number of hydrogen-bond donors (Lipinski definition) is 0. The summed E-state index contributed by atoms with van der Waals surface area (Å²) >= 11 is 0. The molecule has 0 aromatic carbocycles. The van der Waals surface area contributed by atoms with Gasteiger partial charge in [-0.2, -0.15) is 4.39 Å². The lowest BCUT2D eigenvalue weighted by Gasteiger charge is -2.30. The topological polar surface area (TPSA) is 16.1 Å². The van der Waals surface area contributed by atoms with E-state index in [2.05, 4.69) is 37.6 Å². The van der Waals surface area contributed by atoms with Gasteiger partial charge >= 0.3 is 0 Å². The van der Waals surface area contributed by atoms with E-state index < -0.39 is 5.95 Å². The van der Waals surface area contributed by atoms with Crippen molar-refractivity contribution in [1.29, 1.82) is 0 Å². The summed E-state index contributed by atoms with van der Waals surface area (Å²) in [7, 11) is 0. The average Bonchev–Trinajstić information content (AvgIpc) is 2.13. The fourth-order valence-corrected chi connectivity index (χ4v) is 1.58. The molecule has 0 N–H and O–H groups in total. The number of anilines is 1. The van der Waals surface area contributed by atoms with Crippen molar-refractivity contribution < 1.29 is 4.39 Å².